The van der Waals surface area contributed by atoms with Crippen molar-refractivity contribution in [3.63, 3.8) is 0 Å². The highest BCUT2D eigenvalue weighted by Gasteiger charge is 2.36. The van der Waals surface area contributed by atoms with Crippen LogP contribution < -0.4 is 14.8 Å². The first-order valence-electron chi connectivity index (χ1n) is 11.5. The van der Waals surface area contributed by atoms with Crippen molar-refractivity contribution in [1.29, 1.82) is 0 Å². The van der Waals surface area contributed by atoms with Gasteiger partial charge in [0.2, 0.25) is 5.91 Å². The molecule has 0 aromatic heterocycles. The average Bonchev–Trinajstić information content (AvgIpc) is 3.14. The summed E-state index contributed by atoms with van der Waals surface area (Å²) in [5.74, 6) is -0.396. The van der Waals surface area contributed by atoms with E-state index in [2.05, 4.69) is 21.2 Å². The molecule has 1 fully saturated rings. The molecule has 1 N–H and O–H groups in total. The maximum Gasteiger partial charge on any atom is 0.294 e. The predicted octanol–water partition coefficient (Wildman–Crippen LogP) is 8.06. The molecule has 202 valence electrons. The molecule has 39 heavy (non-hydrogen) atoms. The largest absolute Gasteiger partial charge is 0.490 e. The van der Waals surface area contributed by atoms with Gasteiger partial charge in [-0.1, -0.05) is 46.9 Å². The zero-order valence-corrected chi connectivity index (χ0v) is 25.0. The standard InChI is InChI=1S/C27H20BrCl3N2O5S/c1-2-37-22-10-16(9-21(31)25(22)38-14-15-3-5-17(29)6-4-15)11-23-26(35)33(27(36)39-23)13-24(34)32-18-7-8-19(28)20(30)12-18/h3-12H,2,13-14H2,1H3,(H,32,34)/b23-11+. The molecule has 0 unspecified atom stereocenters. The highest BCUT2D eigenvalue weighted by atomic mass is 79.9. The third kappa shape index (κ3) is 7.49. The molecule has 0 saturated carbocycles. The minimum Gasteiger partial charge on any atom is -0.490 e. The molecular formula is C27H20BrCl3N2O5S. The molecule has 3 amide bonds. The van der Waals surface area contributed by atoms with E-state index < -0.39 is 23.6 Å². The van der Waals surface area contributed by atoms with E-state index in [0.29, 0.717) is 43.9 Å². The first kappa shape index (κ1) is 29.3. The number of anilines is 1. The Morgan fingerprint density at radius 3 is 2.46 bits per heavy atom. The molecule has 1 aliphatic rings. The van der Waals surface area contributed by atoms with Crippen molar-refractivity contribution in [3.8, 4) is 11.5 Å². The molecule has 4 rings (SSSR count). The Kier molecular flexibility index (Phi) is 9.85. The van der Waals surface area contributed by atoms with E-state index in [0.717, 1.165) is 22.2 Å². The van der Waals surface area contributed by atoms with Gasteiger partial charge in [-0.25, -0.2) is 0 Å². The molecule has 0 radical (unpaired) electrons. The Morgan fingerprint density at radius 2 is 1.77 bits per heavy atom. The van der Waals surface area contributed by atoms with Gasteiger partial charge in [-0.2, -0.15) is 0 Å². The Balaban J connectivity index is 1.48. The molecule has 0 atom stereocenters. The van der Waals surface area contributed by atoms with Gasteiger partial charge in [-0.15, -0.1) is 0 Å². The van der Waals surface area contributed by atoms with Crippen LogP contribution in [0.3, 0.4) is 0 Å². The minimum atomic E-state index is -0.592. The molecule has 3 aromatic rings. The first-order chi connectivity index (χ1) is 18.6. The van der Waals surface area contributed by atoms with Gasteiger partial charge in [0.1, 0.15) is 13.2 Å². The van der Waals surface area contributed by atoms with Gasteiger partial charge in [0.05, 0.1) is 21.6 Å². The van der Waals surface area contributed by atoms with E-state index in [1.54, 1.807) is 42.5 Å². The lowest BCUT2D eigenvalue weighted by Crippen LogP contribution is -2.36. The SMILES string of the molecule is CCOc1cc(/C=C2/SC(=O)N(CC(=O)Nc3ccc(Br)c(Cl)c3)C2=O)cc(Cl)c1OCc1ccc(Cl)cc1. The number of imide groups is 1. The van der Waals surface area contributed by atoms with Crippen LogP contribution in [0.15, 0.2) is 64.0 Å². The van der Waals surface area contributed by atoms with Gasteiger partial charge in [-0.3, -0.25) is 19.3 Å². The number of hydrogen-bond donors (Lipinski definition) is 1. The van der Waals surface area contributed by atoms with Crippen molar-refractivity contribution in [3.05, 3.63) is 90.2 Å². The number of thioether (sulfide) groups is 1. The summed E-state index contributed by atoms with van der Waals surface area (Å²) in [6.45, 7) is 1.97. The maximum absolute atomic E-state index is 13.0. The van der Waals surface area contributed by atoms with Gasteiger partial charge < -0.3 is 14.8 Å². The minimum absolute atomic E-state index is 0.146. The quantitative estimate of drug-likeness (QED) is 0.232. The summed E-state index contributed by atoms with van der Waals surface area (Å²) in [5.41, 5.74) is 1.86. The van der Waals surface area contributed by atoms with E-state index in [1.807, 2.05) is 19.1 Å². The van der Waals surface area contributed by atoms with E-state index in [4.69, 9.17) is 44.3 Å². The van der Waals surface area contributed by atoms with Crippen molar-refractivity contribution >= 4 is 91.3 Å². The number of hydrogen-bond acceptors (Lipinski definition) is 6. The van der Waals surface area contributed by atoms with Gasteiger partial charge >= 0.3 is 0 Å². The fourth-order valence-corrected chi connectivity index (χ4v) is 5.18. The summed E-state index contributed by atoms with van der Waals surface area (Å²) >= 11 is 22.5. The molecular weight excluding hydrogens is 651 g/mol. The Morgan fingerprint density at radius 1 is 1.03 bits per heavy atom. The average molecular weight is 671 g/mol. The second-order valence-electron chi connectivity index (χ2n) is 8.12. The molecule has 1 saturated heterocycles. The third-order valence-corrected chi connectivity index (χ3v) is 7.98. The molecule has 12 heteroatoms. The van der Waals surface area contributed by atoms with Crippen LogP contribution in [0, 0.1) is 0 Å². The third-order valence-electron chi connectivity index (χ3n) is 5.30. The van der Waals surface area contributed by atoms with E-state index in [9.17, 15) is 14.4 Å². The molecule has 3 aromatic carbocycles. The van der Waals surface area contributed by atoms with E-state index in [-0.39, 0.29) is 16.5 Å². The van der Waals surface area contributed by atoms with Crippen molar-refractivity contribution in [1.82, 2.24) is 4.90 Å². The molecule has 0 spiro atoms. The first-order valence-corrected chi connectivity index (χ1v) is 14.2. The van der Waals surface area contributed by atoms with Crippen LogP contribution in [0.5, 0.6) is 11.5 Å². The predicted molar refractivity (Wildman–Crippen MR) is 159 cm³/mol. The van der Waals surface area contributed by atoms with Crippen LogP contribution in [0.2, 0.25) is 15.1 Å². The summed E-state index contributed by atoms with van der Waals surface area (Å²) in [7, 11) is 0. The summed E-state index contributed by atoms with van der Waals surface area (Å²) < 4.78 is 12.3. The van der Waals surface area contributed by atoms with Crippen molar-refractivity contribution in [2.24, 2.45) is 0 Å². The lowest BCUT2D eigenvalue weighted by atomic mass is 10.1. The second kappa shape index (κ2) is 13.1. The topological polar surface area (TPSA) is 84.9 Å². The van der Waals surface area contributed by atoms with Crippen molar-refractivity contribution in [2.45, 2.75) is 13.5 Å². The summed E-state index contributed by atoms with van der Waals surface area (Å²) in [6, 6.07) is 15.4. The van der Waals surface area contributed by atoms with Gasteiger partial charge in [0, 0.05) is 15.2 Å². The number of amides is 3. The zero-order valence-electron chi connectivity index (χ0n) is 20.3. The highest BCUT2D eigenvalue weighted by molar-refractivity contribution is 9.10. The number of nitrogens with zero attached hydrogens (tertiary/aromatic N) is 1. The number of nitrogens with one attached hydrogen (secondary N) is 1. The van der Waals surface area contributed by atoms with Gasteiger partial charge in [-0.05, 0) is 94.3 Å². The van der Waals surface area contributed by atoms with Crippen LogP contribution in [0.1, 0.15) is 18.1 Å². The van der Waals surface area contributed by atoms with Gasteiger partial charge in [0.15, 0.2) is 11.5 Å². The molecule has 1 heterocycles. The molecule has 0 bridgehead atoms. The lowest BCUT2D eigenvalue weighted by Gasteiger charge is -2.15. The fraction of sp³-hybridized carbons (Fsp3) is 0.148. The number of rotatable bonds is 9. The summed E-state index contributed by atoms with van der Waals surface area (Å²) in [5, 5.41) is 3.37. The van der Waals surface area contributed by atoms with Gasteiger partial charge in [0.25, 0.3) is 11.1 Å². The van der Waals surface area contributed by atoms with E-state index >= 15 is 0 Å². The Bertz CT molecular complexity index is 1470. The Labute approximate surface area is 252 Å². The fourth-order valence-electron chi connectivity index (χ4n) is 3.52. The number of benzene rings is 3. The molecule has 1 aliphatic heterocycles. The zero-order chi connectivity index (χ0) is 28.1. The number of ether oxygens (including phenoxy) is 2. The second-order valence-corrected chi connectivity index (χ2v) is 11.2. The maximum atomic E-state index is 13.0. The summed E-state index contributed by atoms with van der Waals surface area (Å²) in [4.78, 5) is 39.0. The van der Waals surface area contributed by atoms with Crippen LogP contribution in [-0.4, -0.2) is 35.1 Å². The summed E-state index contributed by atoms with van der Waals surface area (Å²) in [6.07, 6.45) is 1.52. The van der Waals surface area contributed by atoms with Crippen LogP contribution >= 0.6 is 62.5 Å². The van der Waals surface area contributed by atoms with Crippen LogP contribution in [-0.2, 0) is 16.2 Å². The number of halogens is 4. The number of carbonyl (C=O) groups excluding carboxylic acids is 3. The normalized spacial score (nSPS) is 14.2. The Hall–Kier alpha value is -2.69. The highest BCUT2D eigenvalue weighted by Crippen LogP contribution is 2.39. The lowest BCUT2D eigenvalue weighted by molar-refractivity contribution is -0.127. The van der Waals surface area contributed by atoms with Crippen LogP contribution in [0.4, 0.5) is 10.5 Å². The smallest absolute Gasteiger partial charge is 0.294 e. The van der Waals surface area contributed by atoms with Crippen LogP contribution in [0.25, 0.3) is 6.08 Å². The number of carbonyl (C=O) groups is 3. The monoisotopic (exact) mass is 668 g/mol. The molecule has 7 nitrogen and oxygen atoms in total. The van der Waals surface area contributed by atoms with Crippen molar-refractivity contribution < 1.29 is 23.9 Å². The molecule has 0 aliphatic carbocycles. The van der Waals surface area contributed by atoms with Crippen molar-refractivity contribution in [2.75, 3.05) is 18.5 Å². The van der Waals surface area contributed by atoms with E-state index in [1.165, 1.54) is 6.08 Å².